The van der Waals surface area contributed by atoms with Gasteiger partial charge in [-0.2, -0.15) is 0 Å². The number of aromatic nitrogens is 2. The third-order valence-electron chi connectivity index (χ3n) is 4.59. The number of nitrogens with zero attached hydrogens (tertiary/aromatic N) is 4. The van der Waals surface area contributed by atoms with E-state index in [9.17, 15) is 4.79 Å². The first kappa shape index (κ1) is 17.6. The van der Waals surface area contributed by atoms with Gasteiger partial charge < -0.3 is 14.2 Å². The van der Waals surface area contributed by atoms with E-state index >= 15 is 0 Å². The molecule has 1 aliphatic rings. The van der Waals surface area contributed by atoms with E-state index in [1.54, 1.807) is 19.0 Å². The van der Waals surface area contributed by atoms with E-state index in [1.807, 2.05) is 18.6 Å². The Morgan fingerprint density at radius 3 is 2.88 bits per heavy atom. The van der Waals surface area contributed by atoms with Gasteiger partial charge in [-0.25, -0.2) is 4.98 Å². The minimum atomic E-state index is -0.0115. The highest BCUT2D eigenvalue weighted by atomic mass is 16.5. The molecule has 0 aliphatic carbocycles. The standard InChI is InChI=1S/C19H26N4O2/c1-21(2)19(24)14-25-13-18-12-22(11-17-10-20-15-23(17)18)9-8-16-6-4-3-5-7-16/h3-7,10,15,18H,8-9,11-14H2,1-2H3/t18-/m0/s1. The number of benzene rings is 1. The average Bonchev–Trinajstić information content (AvgIpc) is 3.09. The van der Waals surface area contributed by atoms with Crippen LogP contribution in [0.2, 0.25) is 0 Å². The SMILES string of the molecule is CN(C)C(=O)COC[C@@H]1CN(CCc2ccccc2)Cc2cncn21. The van der Waals surface area contributed by atoms with Gasteiger partial charge in [-0.1, -0.05) is 30.3 Å². The number of carbonyl (C=O) groups excluding carboxylic acids is 1. The van der Waals surface area contributed by atoms with E-state index in [2.05, 4.69) is 38.7 Å². The molecule has 6 nitrogen and oxygen atoms in total. The van der Waals surface area contributed by atoms with Gasteiger partial charge in [-0.15, -0.1) is 0 Å². The summed E-state index contributed by atoms with van der Waals surface area (Å²) in [7, 11) is 3.48. The number of amides is 1. The number of rotatable bonds is 7. The van der Waals surface area contributed by atoms with E-state index in [4.69, 9.17) is 4.74 Å². The number of likely N-dealkylation sites (N-methyl/N-ethyl adjacent to an activating group) is 1. The molecular formula is C19H26N4O2. The zero-order valence-electron chi connectivity index (χ0n) is 15.0. The largest absolute Gasteiger partial charge is 0.369 e. The number of hydrogen-bond donors (Lipinski definition) is 0. The minimum absolute atomic E-state index is 0.0115. The van der Waals surface area contributed by atoms with Crippen molar-refractivity contribution < 1.29 is 9.53 Å². The van der Waals surface area contributed by atoms with Crippen LogP contribution in [0.3, 0.4) is 0 Å². The molecule has 0 spiro atoms. The molecule has 0 bridgehead atoms. The van der Waals surface area contributed by atoms with Gasteiger partial charge >= 0.3 is 0 Å². The monoisotopic (exact) mass is 342 g/mol. The Morgan fingerprint density at radius 2 is 2.12 bits per heavy atom. The zero-order chi connectivity index (χ0) is 17.6. The van der Waals surface area contributed by atoms with Gasteiger partial charge in [0.25, 0.3) is 0 Å². The van der Waals surface area contributed by atoms with Crippen molar-refractivity contribution in [2.75, 3.05) is 40.4 Å². The fourth-order valence-electron chi connectivity index (χ4n) is 3.11. The summed E-state index contributed by atoms with van der Waals surface area (Å²) in [6.45, 7) is 3.46. The first-order valence-corrected chi connectivity index (χ1v) is 8.68. The van der Waals surface area contributed by atoms with Gasteiger partial charge in [0.2, 0.25) is 5.91 Å². The summed E-state index contributed by atoms with van der Waals surface area (Å²) >= 11 is 0. The van der Waals surface area contributed by atoms with Crippen LogP contribution in [0.25, 0.3) is 0 Å². The molecule has 3 rings (SSSR count). The molecule has 1 atom stereocenters. The summed E-state index contributed by atoms with van der Waals surface area (Å²) in [4.78, 5) is 19.9. The quantitative estimate of drug-likeness (QED) is 0.767. The summed E-state index contributed by atoms with van der Waals surface area (Å²) in [5, 5.41) is 0. The van der Waals surface area contributed by atoms with Gasteiger partial charge in [-0.05, 0) is 12.0 Å². The summed E-state index contributed by atoms with van der Waals surface area (Å²) in [6.07, 6.45) is 4.82. The molecule has 0 unspecified atom stereocenters. The second-order valence-electron chi connectivity index (χ2n) is 6.72. The number of ether oxygens (including phenoxy) is 1. The van der Waals surface area contributed by atoms with E-state index in [0.717, 1.165) is 26.1 Å². The lowest BCUT2D eigenvalue weighted by Crippen LogP contribution is -2.40. The first-order valence-electron chi connectivity index (χ1n) is 8.68. The molecule has 1 amide bonds. The predicted molar refractivity (Wildman–Crippen MR) is 96.2 cm³/mol. The number of imidazole rings is 1. The van der Waals surface area contributed by atoms with Gasteiger partial charge in [0.15, 0.2) is 0 Å². The normalized spacial score (nSPS) is 17.3. The maximum atomic E-state index is 11.7. The van der Waals surface area contributed by atoms with Crippen LogP contribution in [-0.2, 0) is 22.5 Å². The Hall–Kier alpha value is -2.18. The lowest BCUT2D eigenvalue weighted by molar-refractivity contribution is -0.134. The average molecular weight is 342 g/mol. The smallest absolute Gasteiger partial charge is 0.248 e. The van der Waals surface area contributed by atoms with Gasteiger partial charge in [0.05, 0.1) is 24.7 Å². The molecule has 0 saturated carbocycles. The molecule has 1 aromatic heterocycles. The van der Waals surface area contributed by atoms with Crippen molar-refractivity contribution >= 4 is 5.91 Å². The zero-order valence-corrected chi connectivity index (χ0v) is 15.0. The highest BCUT2D eigenvalue weighted by molar-refractivity contribution is 5.76. The van der Waals surface area contributed by atoms with Gasteiger partial charge in [0, 0.05) is 39.9 Å². The van der Waals surface area contributed by atoms with Crippen molar-refractivity contribution in [2.45, 2.75) is 19.0 Å². The molecule has 2 aromatic rings. The fraction of sp³-hybridized carbons (Fsp3) is 0.474. The summed E-state index contributed by atoms with van der Waals surface area (Å²) in [5.74, 6) is -0.0115. The third kappa shape index (κ3) is 4.67. The highest BCUT2D eigenvalue weighted by Crippen LogP contribution is 2.21. The van der Waals surface area contributed by atoms with Gasteiger partial charge in [0.1, 0.15) is 6.61 Å². The van der Waals surface area contributed by atoms with Gasteiger partial charge in [-0.3, -0.25) is 9.69 Å². The molecule has 0 N–H and O–H groups in total. The Kier molecular flexibility index (Phi) is 5.83. The maximum absolute atomic E-state index is 11.7. The van der Waals surface area contributed by atoms with Crippen LogP contribution in [0.4, 0.5) is 0 Å². The van der Waals surface area contributed by atoms with Crippen LogP contribution in [-0.4, -0.2) is 65.7 Å². The molecule has 0 saturated heterocycles. The molecule has 25 heavy (non-hydrogen) atoms. The molecule has 0 radical (unpaired) electrons. The van der Waals surface area contributed by atoms with Crippen molar-refractivity contribution in [3.8, 4) is 0 Å². The minimum Gasteiger partial charge on any atom is -0.369 e. The van der Waals surface area contributed by atoms with Crippen LogP contribution in [0.5, 0.6) is 0 Å². The molecule has 2 heterocycles. The second-order valence-corrected chi connectivity index (χ2v) is 6.72. The Balaban J connectivity index is 1.56. The summed E-state index contributed by atoms with van der Waals surface area (Å²) < 4.78 is 7.85. The molecule has 134 valence electrons. The first-order chi connectivity index (χ1) is 12.1. The van der Waals surface area contributed by atoms with Crippen LogP contribution >= 0.6 is 0 Å². The Morgan fingerprint density at radius 1 is 1.32 bits per heavy atom. The van der Waals surface area contributed by atoms with Crippen molar-refractivity contribution in [1.82, 2.24) is 19.4 Å². The van der Waals surface area contributed by atoms with Crippen LogP contribution in [0.1, 0.15) is 17.3 Å². The second kappa shape index (κ2) is 8.27. The van der Waals surface area contributed by atoms with E-state index in [1.165, 1.54) is 11.3 Å². The van der Waals surface area contributed by atoms with E-state index in [-0.39, 0.29) is 18.6 Å². The Bertz CT molecular complexity index is 684. The van der Waals surface area contributed by atoms with Crippen LogP contribution in [0.15, 0.2) is 42.9 Å². The number of hydrogen-bond acceptors (Lipinski definition) is 4. The van der Waals surface area contributed by atoms with Crippen molar-refractivity contribution in [1.29, 1.82) is 0 Å². The predicted octanol–water partition coefficient (Wildman–Crippen LogP) is 1.59. The van der Waals surface area contributed by atoms with Crippen molar-refractivity contribution in [3.05, 3.63) is 54.1 Å². The van der Waals surface area contributed by atoms with E-state index in [0.29, 0.717) is 6.61 Å². The molecule has 6 heteroatoms. The highest BCUT2D eigenvalue weighted by Gasteiger charge is 2.25. The summed E-state index contributed by atoms with van der Waals surface area (Å²) in [5.41, 5.74) is 2.55. The lowest BCUT2D eigenvalue weighted by Gasteiger charge is -2.34. The van der Waals surface area contributed by atoms with Crippen molar-refractivity contribution in [3.63, 3.8) is 0 Å². The number of carbonyl (C=O) groups is 1. The lowest BCUT2D eigenvalue weighted by atomic mass is 10.1. The molecule has 1 aromatic carbocycles. The molecule has 0 fully saturated rings. The van der Waals surface area contributed by atoms with Crippen LogP contribution in [0, 0.1) is 0 Å². The van der Waals surface area contributed by atoms with Crippen molar-refractivity contribution in [2.24, 2.45) is 0 Å². The maximum Gasteiger partial charge on any atom is 0.248 e. The Labute approximate surface area is 149 Å². The topological polar surface area (TPSA) is 50.6 Å². The third-order valence-corrected chi connectivity index (χ3v) is 4.59. The summed E-state index contributed by atoms with van der Waals surface area (Å²) in [6, 6.07) is 10.7. The van der Waals surface area contributed by atoms with E-state index < -0.39 is 0 Å². The van der Waals surface area contributed by atoms with Crippen LogP contribution < -0.4 is 0 Å². The molecule has 1 aliphatic heterocycles. The fourth-order valence-corrected chi connectivity index (χ4v) is 3.11. The number of fused-ring (bicyclic) bond motifs is 1. The molecular weight excluding hydrogens is 316 g/mol.